The minimum atomic E-state index is 0.825. The minimum absolute atomic E-state index is 0.825. The van der Waals surface area contributed by atoms with Gasteiger partial charge in [-0.1, -0.05) is 0 Å². The van der Waals surface area contributed by atoms with Crippen molar-refractivity contribution >= 4 is 0 Å². The van der Waals surface area contributed by atoms with Gasteiger partial charge in [-0.15, -0.1) is 0 Å². The molecule has 0 aliphatic carbocycles. The van der Waals surface area contributed by atoms with Gasteiger partial charge in [-0.05, 0) is 39.3 Å². The predicted molar refractivity (Wildman–Crippen MR) is 65.8 cm³/mol. The smallest absolute Gasteiger partial charge is 0.0625 e. The number of aromatic nitrogens is 2. The molecule has 0 aromatic carbocycles. The van der Waals surface area contributed by atoms with Crippen LogP contribution in [0.1, 0.15) is 23.4 Å². The Morgan fingerprint density at radius 1 is 1.25 bits per heavy atom. The normalized spacial score (nSPS) is 11.0. The van der Waals surface area contributed by atoms with Crippen molar-refractivity contribution in [2.45, 2.75) is 33.7 Å². The molecular formula is C12H23N3O. The lowest BCUT2D eigenvalue weighted by molar-refractivity contribution is 0.194. The Morgan fingerprint density at radius 3 is 2.56 bits per heavy atom. The largest absolute Gasteiger partial charge is 0.385 e. The van der Waals surface area contributed by atoms with Crippen LogP contribution in [0.2, 0.25) is 0 Å². The SMILES string of the molecule is COCCCNCCn1nc(C)c(C)c1C. The zero-order chi connectivity index (χ0) is 12.0. The van der Waals surface area contributed by atoms with Gasteiger partial charge in [-0.25, -0.2) is 0 Å². The van der Waals surface area contributed by atoms with Gasteiger partial charge >= 0.3 is 0 Å². The van der Waals surface area contributed by atoms with Crippen molar-refractivity contribution in [3.05, 3.63) is 17.0 Å². The van der Waals surface area contributed by atoms with Gasteiger partial charge in [0, 0.05) is 26.0 Å². The first kappa shape index (κ1) is 13.2. The fourth-order valence-corrected chi connectivity index (χ4v) is 1.66. The third-order valence-electron chi connectivity index (χ3n) is 2.95. The van der Waals surface area contributed by atoms with Gasteiger partial charge in [-0.2, -0.15) is 5.10 Å². The van der Waals surface area contributed by atoms with E-state index >= 15 is 0 Å². The number of rotatable bonds is 7. The lowest BCUT2D eigenvalue weighted by Gasteiger charge is -2.06. The molecular weight excluding hydrogens is 202 g/mol. The number of methoxy groups -OCH3 is 1. The maximum absolute atomic E-state index is 4.99. The summed E-state index contributed by atoms with van der Waals surface area (Å²) in [4.78, 5) is 0. The van der Waals surface area contributed by atoms with E-state index in [2.05, 4.69) is 35.9 Å². The van der Waals surface area contributed by atoms with Crippen LogP contribution in [-0.2, 0) is 11.3 Å². The van der Waals surface area contributed by atoms with E-state index in [1.807, 2.05) is 0 Å². The first-order valence-corrected chi connectivity index (χ1v) is 5.87. The van der Waals surface area contributed by atoms with Crippen LogP contribution >= 0.6 is 0 Å². The minimum Gasteiger partial charge on any atom is -0.385 e. The molecule has 92 valence electrons. The fraction of sp³-hybridized carbons (Fsp3) is 0.750. The van der Waals surface area contributed by atoms with E-state index in [1.54, 1.807) is 7.11 Å². The molecule has 1 aromatic heterocycles. The summed E-state index contributed by atoms with van der Waals surface area (Å²) in [6.45, 7) is 10.0. The Morgan fingerprint density at radius 2 is 2.00 bits per heavy atom. The highest BCUT2D eigenvalue weighted by molar-refractivity contribution is 5.21. The molecule has 0 radical (unpaired) electrons. The zero-order valence-electron chi connectivity index (χ0n) is 10.8. The molecule has 1 aromatic rings. The van der Waals surface area contributed by atoms with Crippen LogP contribution in [0.3, 0.4) is 0 Å². The first-order chi connectivity index (χ1) is 7.66. The van der Waals surface area contributed by atoms with E-state index < -0.39 is 0 Å². The second kappa shape index (κ2) is 6.66. The van der Waals surface area contributed by atoms with E-state index in [-0.39, 0.29) is 0 Å². The molecule has 1 heterocycles. The highest BCUT2D eigenvalue weighted by Crippen LogP contribution is 2.09. The Balaban J connectivity index is 2.24. The molecule has 0 aliphatic rings. The van der Waals surface area contributed by atoms with Gasteiger partial charge in [0.2, 0.25) is 0 Å². The molecule has 0 amide bonds. The number of nitrogens with one attached hydrogen (secondary N) is 1. The number of hydrogen-bond donors (Lipinski definition) is 1. The predicted octanol–water partition coefficient (Wildman–Crippen LogP) is 1.43. The van der Waals surface area contributed by atoms with Crippen molar-refractivity contribution in [2.75, 3.05) is 26.8 Å². The molecule has 0 unspecified atom stereocenters. The van der Waals surface area contributed by atoms with Gasteiger partial charge in [-0.3, -0.25) is 4.68 Å². The maximum atomic E-state index is 4.99. The van der Waals surface area contributed by atoms with Crippen molar-refractivity contribution in [1.29, 1.82) is 0 Å². The van der Waals surface area contributed by atoms with Crippen LogP contribution < -0.4 is 5.32 Å². The molecule has 0 spiro atoms. The zero-order valence-corrected chi connectivity index (χ0v) is 10.8. The summed E-state index contributed by atoms with van der Waals surface area (Å²) in [5, 5.41) is 7.88. The third-order valence-corrected chi connectivity index (χ3v) is 2.95. The lowest BCUT2D eigenvalue weighted by atomic mass is 10.2. The second-order valence-electron chi connectivity index (χ2n) is 4.12. The quantitative estimate of drug-likeness (QED) is 0.714. The first-order valence-electron chi connectivity index (χ1n) is 5.87. The van der Waals surface area contributed by atoms with Crippen LogP contribution in [0, 0.1) is 20.8 Å². The summed E-state index contributed by atoms with van der Waals surface area (Å²) in [5.41, 5.74) is 3.72. The Hall–Kier alpha value is -0.870. The van der Waals surface area contributed by atoms with Gasteiger partial charge < -0.3 is 10.1 Å². The fourth-order valence-electron chi connectivity index (χ4n) is 1.66. The van der Waals surface area contributed by atoms with Crippen LogP contribution in [0.25, 0.3) is 0 Å². The van der Waals surface area contributed by atoms with Crippen molar-refractivity contribution < 1.29 is 4.74 Å². The molecule has 16 heavy (non-hydrogen) atoms. The Kier molecular flexibility index (Phi) is 5.49. The van der Waals surface area contributed by atoms with E-state index in [4.69, 9.17) is 4.74 Å². The van der Waals surface area contributed by atoms with Crippen LogP contribution in [0.15, 0.2) is 0 Å². The van der Waals surface area contributed by atoms with Crippen molar-refractivity contribution in [3.8, 4) is 0 Å². The average Bonchev–Trinajstić information content (AvgIpc) is 2.51. The molecule has 4 nitrogen and oxygen atoms in total. The molecule has 0 saturated heterocycles. The summed E-state index contributed by atoms with van der Waals surface area (Å²) in [7, 11) is 1.73. The second-order valence-corrected chi connectivity index (χ2v) is 4.12. The highest BCUT2D eigenvalue weighted by atomic mass is 16.5. The summed E-state index contributed by atoms with van der Waals surface area (Å²) in [6, 6.07) is 0. The molecule has 0 bridgehead atoms. The van der Waals surface area contributed by atoms with Crippen LogP contribution in [-0.4, -0.2) is 36.6 Å². The highest BCUT2D eigenvalue weighted by Gasteiger charge is 2.05. The summed E-state index contributed by atoms with van der Waals surface area (Å²) in [5.74, 6) is 0. The molecule has 1 rings (SSSR count). The summed E-state index contributed by atoms with van der Waals surface area (Å²) >= 11 is 0. The molecule has 1 N–H and O–H groups in total. The Labute approximate surface area is 98.0 Å². The third kappa shape index (κ3) is 3.61. The van der Waals surface area contributed by atoms with Gasteiger partial charge in [0.25, 0.3) is 0 Å². The van der Waals surface area contributed by atoms with Crippen molar-refractivity contribution in [2.24, 2.45) is 0 Å². The van der Waals surface area contributed by atoms with Crippen molar-refractivity contribution in [3.63, 3.8) is 0 Å². The number of hydrogen-bond acceptors (Lipinski definition) is 3. The number of ether oxygens (including phenoxy) is 1. The van der Waals surface area contributed by atoms with Crippen LogP contribution in [0.5, 0.6) is 0 Å². The monoisotopic (exact) mass is 225 g/mol. The summed E-state index contributed by atoms with van der Waals surface area (Å²) < 4.78 is 7.06. The van der Waals surface area contributed by atoms with E-state index in [1.165, 1.54) is 11.3 Å². The molecule has 4 heteroatoms. The maximum Gasteiger partial charge on any atom is 0.0625 e. The van der Waals surface area contributed by atoms with E-state index in [9.17, 15) is 0 Å². The van der Waals surface area contributed by atoms with Crippen LogP contribution in [0.4, 0.5) is 0 Å². The standard InChI is InChI=1S/C12H23N3O/c1-10-11(2)14-15(12(10)3)8-7-13-6-5-9-16-4/h13H,5-9H2,1-4H3. The molecule has 0 aliphatic heterocycles. The molecule has 0 atom stereocenters. The number of aryl methyl sites for hydroxylation is 1. The Bertz CT molecular complexity index is 320. The average molecular weight is 225 g/mol. The topological polar surface area (TPSA) is 39.1 Å². The van der Waals surface area contributed by atoms with Gasteiger partial charge in [0.15, 0.2) is 0 Å². The summed E-state index contributed by atoms with van der Waals surface area (Å²) in [6.07, 6.45) is 1.06. The van der Waals surface area contributed by atoms with Gasteiger partial charge in [0.05, 0.1) is 12.2 Å². The van der Waals surface area contributed by atoms with Gasteiger partial charge in [0.1, 0.15) is 0 Å². The molecule has 0 fully saturated rings. The number of nitrogens with zero attached hydrogens (tertiary/aromatic N) is 2. The van der Waals surface area contributed by atoms with Crippen molar-refractivity contribution in [1.82, 2.24) is 15.1 Å². The van der Waals surface area contributed by atoms with E-state index in [0.717, 1.165) is 38.4 Å². The van der Waals surface area contributed by atoms with E-state index in [0.29, 0.717) is 0 Å². The molecule has 0 saturated carbocycles. The lowest BCUT2D eigenvalue weighted by Crippen LogP contribution is -2.22.